The monoisotopic (exact) mass is 281 g/mol. The third-order valence-electron chi connectivity index (χ3n) is 5.65. The van der Waals surface area contributed by atoms with Crippen LogP contribution in [-0.4, -0.2) is 25.3 Å². The van der Waals surface area contributed by atoms with Gasteiger partial charge >= 0.3 is 0 Å². The van der Waals surface area contributed by atoms with E-state index < -0.39 is 0 Å². The minimum absolute atomic E-state index is 0.134. The molecule has 20 heavy (non-hydrogen) atoms. The predicted octanol–water partition coefficient (Wildman–Crippen LogP) is 4.53. The third-order valence-corrected chi connectivity index (χ3v) is 5.65. The molecule has 0 aromatic heterocycles. The SMILES string of the molecule is CCCC1CCC(CNC)(OC2CCCCC2C)CC1. The Morgan fingerprint density at radius 2 is 1.80 bits per heavy atom. The second-order valence-electron chi connectivity index (χ2n) is 7.36. The lowest BCUT2D eigenvalue weighted by Crippen LogP contribution is -2.48. The van der Waals surface area contributed by atoms with Crippen LogP contribution in [0, 0.1) is 11.8 Å². The van der Waals surface area contributed by atoms with Gasteiger partial charge in [0.05, 0.1) is 11.7 Å². The Bertz CT molecular complexity index is 271. The van der Waals surface area contributed by atoms with Crippen LogP contribution in [-0.2, 0) is 4.74 Å². The summed E-state index contributed by atoms with van der Waals surface area (Å²) in [6.07, 6.45) is 13.9. The molecule has 2 aliphatic carbocycles. The van der Waals surface area contributed by atoms with Gasteiger partial charge in [-0.1, -0.05) is 39.5 Å². The Morgan fingerprint density at radius 1 is 1.10 bits per heavy atom. The van der Waals surface area contributed by atoms with Crippen molar-refractivity contribution in [3.05, 3.63) is 0 Å². The highest BCUT2D eigenvalue weighted by atomic mass is 16.5. The lowest BCUT2D eigenvalue weighted by Gasteiger charge is -2.44. The average Bonchev–Trinajstić information content (AvgIpc) is 2.45. The van der Waals surface area contributed by atoms with Gasteiger partial charge < -0.3 is 10.1 Å². The van der Waals surface area contributed by atoms with Gasteiger partial charge in [-0.15, -0.1) is 0 Å². The quantitative estimate of drug-likeness (QED) is 0.772. The van der Waals surface area contributed by atoms with E-state index in [0.717, 1.165) is 18.4 Å². The fourth-order valence-corrected chi connectivity index (χ4v) is 4.34. The number of rotatable bonds is 6. The van der Waals surface area contributed by atoms with Crippen molar-refractivity contribution in [3.8, 4) is 0 Å². The number of likely N-dealkylation sites (N-methyl/N-ethyl adjacent to an activating group) is 1. The van der Waals surface area contributed by atoms with E-state index in [0.29, 0.717) is 6.10 Å². The molecule has 2 nitrogen and oxygen atoms in total. The molecule has 0 heterocycles. The van der Waals surface area contributed by atoms with E-state index in [4.69, 9.17) is 4.74 Å². The van der Waals surface area contributed by atoms with Crippen molar-refractivity contribution in [3.63, 3.8) is 0 Å². The van der Waals surface area contributed by atoms with E-state index >= 15 is 0 Å². The maximum absolute atomic E-state index is 6.74. The van der Waals surface area contributed by atoms with Crippen molar-refractivity contribution in [1.82, 2.24) is 5.32 Å². The lowest BCUT2D eigenvalue weighted by molar-refractivity contribution is -0.142. The highest BCUT2D eigenvalue weighted by Crippen LogP contribution is 2.40. The van der Waals surface area contributed by atoms with Crippen LogP contribution >= 0.6 is 0 Å². The maximum Gasteiger partial charge on any atom is 0.0810 e. The summed E-state index contributed by atoms with van der Waals surface area (Å²) >= 11 is 0. The zero-order valence-electron chi connectivity index (χ0n) is 13.9. The standard InChI is InChI=1S/C18H35NO/c1-4-7-16-10-12-18(13-11-16,14-19-3)20-17-9-6-5-8-15(17)2/h15-17,19H,4-14H2,1-3H3. The van der Waals surface area contributed by atoms with Crippen molar-refractivity contribution in [1.29, 1.82) is 0 Å². The van der Waals surface area contributed by atoms with Crippen molar-refractivity contribution >= 4 is 0 Å². The average molecular weight is 281 g/mol. The van der Waals surface area contributed by atoms with Gasteiger partial charge in [0, 0.05) is 6.54 Å². The molecule has 2 unspecified atom stereocenters. The summed E-state index contributed by atoms with van der Waals surface area (Å²) in [6.45, 7) is 5.74. The van der Waals surface area contributed by atoms with Gasteiger partial charge in [-0.3, -0.25) is 0 Å². The number of ether oxygens (including phenoxy) is 1. The Balaban J connectivity index is 1.92. The Hall–Kier alpha value is -0.0800. The van der Waals surface area contributed by atoms with Crippen molar-refractivity contribution in [2.24, 2.45) is 11.8 Å². The van der Waals surface area contributed by atoms with Crippen LogP contribution in [0.4, 0.5) is 0 Å². The van der Waals surface area contributed by atoms with E-state index in [-0.39, 0.29) is 5.60 Å². The van der Waals surface area contributed by atoms with E-state index in [1.807, 2.05) is 0 Å². The van der Waals surface area contributed by atoms with Gasteiger partial charge in [0.2, 0.25) is 0 Å². The molecule has 0 aliphatic heterocycles. The van der Waals surface area contributed by atoms with E-state index in [1.54, 1.807) is 0 Å². The van der Waals surface area contributed by atoms with E-state index in [1.165, 1.54) is 64.2 Å². The second kappa shape index (κ2) is 7.79. The normalized spacial score (nSPS) is 38.9. The first-order chi connectivity index (χ1) is 9.69. The molecule has 118 valence electrons. The Morgan fingerprint density at radius 3 is 2.40 bits per heavy atom. The van der Waals surface area contributed by atoms with Crippen LogP contribution in [0.5, 0.6) is 0 Å². The summed E-state index contributed by atoms with van der Waals surface area (Å²) in [4.78, 5) is 0. The van der Waals surface area contributed by atoms with Crippen LogP contribution in [0.2, 0.25) is 0 Å². The second-order valence-corrected chi connectivity index (χ2v) is 7.36. The fourth-order valence-electron chi connectivity index (χ4n) is 4.34. The summed E-state index contributed by atoms with van der Waals surface area (Å²) in [5.41, 5.74) is 0.134. The summed E-state index contributed by atoms with van der Waals surface area (Å²) in [7, 11) is 2.08. The molecule has 0 aromatic rings. The van der Waals surface area contributed by atoms with Crippen molar-refractivity contribution in [2.45, 2.75) is 89.8 Å². The molecule has 0 aromatic carbocycles. The van der Waals surface area contributed by atoms with E-state index in [2.05, 4.69) is 26.2 Å². The van der Waals surface area contributed by atoms with Gasteiger partial charge in [-0.2, -0.15) is 0 Å². The summed E-state index contributed by atoms with van der Waals surface area (Å²) < 4.78 is 6.74. The maximum atomic E-state index is 6.74. The van der Waals surface area contributed by atoms with Gasteiger partial charge in [0.25, 0.3) is 0 Å². The van der Waals surface area contributed by atoms with E-state index in [9.17, 15) is 0 Å². The molecule has 2 fully saturated rings. The molecule has 0 radical (unpaired) electrons. The van der Waals surface area contributed by atoms with Crippen LogP contribution in [0.1, 0.15) is 78.1 Å². The summed E-state index contributed by atoms with van der Waals surface area (Å²) in [6, 6.07) is 0. The molecule has 0 amide bonds. The van der Waals surface area contributed by atoms with Crippen LogP contribution in [0.3, 0.4) is 0 Å². The van der Waals surface area contributed by atoms with Gasteiger partial charge in [0.15, 0.2) is 0 Å². The van der Waals surface area contributed by atoms with Gasteiger partial charge in [-0.25, -0.2) is 0 Å². The molecule has 2 atom stereocenters. The molecule has 2 rings (SSSR count). The Labute approximate surface area is 126 Å². The minimum atomic E-state index is 0.134. The predicted molar refractivity (Wildman–Crippen MR) is 86.0 cm³/mol. The fraction of sp³-hybridized carbons (Fsp3) is 1.00. The highest BCUT2D eigenvalue weighted by Gasteiger charge is 2.39. The van der Waals surface area contributed by atoms with Gasteiger partial charge in [-0.05, 0) is 57.4 Å². The minimum Gasteiger partial charge on any atom is -0.370 e. The van der Waals surface area contributed by atoms with Crippen molar-refractivity contribution in [2.75, 3.05) is 13.6 Å². The third kappa shape index (κ3) is 4.21. The number of hydrogen-bond acceptors (Lipinski definition) is 2. The number of hydrogen-bond donors (Lipinski definition) is 1. The first kappa shape index (κ1) is 16.3. The topological polar surface area (TPSA) is 21.3 Å². The largest absolute Gasteiger partial charge is 0.370 e. The highest BCUT2D eigenvalue weighted by molar-refractivity contribution is 4.91. The number of nitrogens with one attached hydrogen (secondary N) is 1. The molecular weight excluding hydrogens is 246 g/mol. The summed E-state index contributed by atoms with van der Waals surface area (Å²) in [5, 5.41) is 3.40. The summed E-state index contributed by atoms with van der Waals surface area (Å²) in [5.74, 6) is 1.71. The lowest BCUT2D eigenvalue weighted by atomic mass is 9.76. The molecular formula is C18H35NO. The molecule has 2 aliphatic rings. The van der Waals surface area contributed by atoms with Crippen LogP contribution in [0.25, 0.3) is 0 Å². The molecule has 2 heteroatoms. The van der Waals surface area contributed by atoms with Crippen LogP contribution in [0.15, 0.2) is 0 Å². The van der Waals surface area contributed by atoms with Crippen LogP contribution < -0.4 is 5.32 Å². The Kier molecular flexibility index (Phi) is 6.35. The molecule has 1 N–H and O–H groups in total. The first-order valence-electron chi connectivity index (χ1n) is 9.01. The molecule has 2 saturated carbocycles. The smallest absolute Gasteiger partial charge is 0.0810 e. The molecule has 0 spiro atoms. The van der Waals surface area contributed by atoms with Gasteiger partial charge in [0.1, 0.15) is 0 Å². The zero-order valence-corrected chi connectivity index (χ0v) is 13.9. The first-order valence-corrected chi connectivity index (χ1v) is 9.01. The van der Waals surface area contributed by atoms with Crippen molar-refractivity contribution < 1.29 is 4.74 Å². The molecule has 0 saturated heterocycles. The zero-order chi connectivity index (χ0) is 14.4. The molecule has 0 bridgehead atoms.